The van der Waals surface area contributed by atoms with Crippen LogP contribution in [-0.4, -0.2) is 45.8 Å². The largest absolute Gasteiger partial charge is 0.507 e. The monoisotopic (exact) mass is 380 g/mol. The number of aliphatic hydroxyl groups excluding tert-OH is 1. The minimum absolute atomic E-state index is 0.0955. The number of carbonyl (C=O) groups is 1. The minimum Gasteiger partial charge on any atom is -0.507 e. The lowest BCUT2D eigenvalue weighted by molar-refractivity contribution is -0.152. The molecule has 0 amide bonds. The van der Waals surface area contributed by atoms with Crippen molar-refractivity contribution in [2.45, 2.75) is 45.6 Å². The number of piperidine rings is 1. The van der Waals surface area contributed by atoms with Crippen molar-refractivity contribution in [3.8, 4) is 0 Å². The van der Waals surface area contributed by atoms with Crippen LogP contribution in [0.2, 0.25) is 0 Å². The van der Waals surface area contributed by atoms with Gasteiger partial charge in [0.15, 0.2) is 5.60 Å². The molecular formula is C19H28N2O4S. The highest BCUT2D eigenvalue weighted by atomic mass is 32.2. The third-order valence-corrected chi connectivity index (χ3v) is 5.16. The highest BCUT2D eigenvalue weighted by Gasteiger charge is 2.49. The highest BCUT2D eigenvalue weighted by Crippen LogP contribution is 2.40. The average Bonchev–Trinajstić information content (AvgIpc) is 2.89. The maximum atomic E-state index is 12.3. The molecule has 1 spiro atoms. The fourth-order valence-corrected chi connectivity index (χ4v) is 3.62. The Labute approximate surface area is 159 Å². The van der Waals surface area contributed by atoms with Gasteiger partial charge >= 0.3 is 5.97 Å². The first-order valence-corrected chi connectivity index (χ1v) is 9.89. The second-order valence-corrected chi connectivity index (χ2v) is 6.60. The molecule has 3 N–H and O–H groups in total. The molecule has 2 heterocycles. The van der Waals surface area contributed by atoms with Crippen molar-refractivity contribution in [2.75, 3.05) is 24.4 Å². The lowest BCUT2D eigenvalue weighted by Gasteiger charge is -2.37. The Morgan fingerprint density at radius 3 is 2.62 bits per heavy atom. The normalized spacial score (nSPS) is 19.2. The van der Waals surface area contributed by atoms with E-state index < -0.39 is 11.6 Å². The van der Waals surface area contributed by atoms with Crippen LogP contribution in [-0.2, 0) is 16.0 Å². The zero-order valence-corrected chi connectivity index (χ0v) is 16.4. The highest BCUT2D eigenvalue weighted by molar-refractivity contribution is 7.95. The van der Waals surface area contributed by atoms with Gasteiger partial charge in [0.2, 0.25) is 0 Å². The van der Waals surface area contributed by atoms with Crippen molar-refractivity contribution in [2.24, 2.45) is 0 Å². The van der Waals surface area contributed by atoms with Crippen LogP contribution >= 0.6 is 12.2 Å². The summed E-state index contributed by atoms with van der Waals surface area (Å²) in [5.74, 6) is -0.328. The number of hydrogen-bond donors (Lipinski definition) is 3. The molecule has 2 aliphatic heterocycles. The molecule has 1 aromatic rings. The first-order chi connectivity index (χ1) is 12.6. The number of ether oxygens (including phenoxy) is 1. The molecule has 0 radical (unpaired) electrons. The Hall–Kier alpha value is -1.70. The van der Waals surface area contributed by atoms with Gasteiger partial charge in [0.25, 0.3) is 0 Å². The van der Waals surface area contributed by atoms with E-state index in [4.69, 9.17) is 9.29 Å². The molecule has 0 aliphatic carbocycles. The molecular weight excluding hydrogens is 352 g/mol. The Morgan fingerprint density at radius 1 is 1.31 bits per heavy atom. The number of aliphatic hydroxyl groups is 1. The second-order valence-electron chi connectivity index (χ2n) is 6.22. The topological polar surface area (TPSA) is 82.0 Å². The van der Waals surface area contributed by atoms with Crippen molar-refractivity contribution < 1.29 is 19.2 Å². The van der Waals surface area contributed by atoms with Crippen LogP contribution in [0.25, 0.3) is 0 Å². The number of nitrogens with zero attached hydrogens (tertiary/aromatic N) is 1. The Balaban J connectivity index is 0.00000117. The van der Waals surface area contributed by atoms with Crippen molar-refractivity contribution in [3.63, 3.8) is 0 Å². The van der Waals surface area contributed by atoms with Crippen LogP contribution in [0.5, 0.6) is 0 Å². The summed E-state index contributed by atoms with van der Waals surface area (Å²) < 4.78 is 17.2. The van der Waals surface area contributed by atoms with Crippen LogP contribution in [0.4, 0.5) is 5.69 Å². The first kappa shape index (κ1) is 20.6. The van der Waals surface area contributed by atoms with Gasteiger partial charge in [-0.15, -0.1) is 0 Å². The van der Waals surface area contributed by atoms with Gasteiger partial charge < -0.3 is 24.0 Å². The third-order valence-electron chi connectivity index (χ3n) is 4.83. The van der Waals surface area contributed by atoms with E-state index in [1.54, 1.807) is 0 Å². The van der Waals surface area contributed by atoms with Crippen molar-refractivity contribution in [1.82, 2.24) is 4.90 Å². The van der Waals surface area contributed by atoms with Gasteiger partial charge in [-0.25, -0.2) is 4.79 Å². The van der Waals surface area contributed by atoms with E-state index in [9.17, 15) is 9.90 Å². The van der Waals surface area contributed by atoms with Gasteiger partial charge in [0, 0.05) is 38.0 Å². The predicted molar refractivity (Wildman–Crippen MR) is 105 cm³/mol. The molecule has 3 rings (SSSR count). The van der Waals surface area contributed by atoms with E-state index in [0.29, 0.717) is 37.1 Å². The van der Waals surface area contributed by atoms with Crippen LogP contribution in [0.15, 0.2) is 35.6 Å². The number of esters is 1. The summed E-state index contributed by atoms with van der Waals surface area (Å²) >= 11 is 0.519. The summed E-state index contributed by atoms with van der Waals surface area (Å²) in [5.41, 5.74) is 1.11. The molecule has 1 aromatic carbocycles. The summed E-state index contributed by atoms with van der Waals surface area (Å²) in [6, 6.07) is 7.37. The molecule has 0 aromatic heterocycles. The van der Waals surface area contributed by atoms with Crippen LogP contribution in [0.1, 0.15) is 39.2 Å². The van der Waals surface area contributed by atoms with Gasteiger partial charge in [-0.05, 0) is 24.2 Å². The van der Waals surface area contributed by atoms with Crippen molar-refractivity contribution >= 4 is 23.9 Å². The summed E-state index contributed by atoms with van der Waals surface area (Å²) in [7, 11) is 0. The summed E-state index contributed by atoms with van der Waals surface area (Å²) in [6.07, 6.45) is 1.57. The molecule has 0 atom stereocenters. The molecule has 0 saturated carbocycles. The maximum Gasteiger partial charge on any atom is 0.338 e. The molecule has 6 nitrogen and oxygen atoms in total. The fraction of sp³-hybridized carbons (Fsp3) is 0.526. The maximum absolute atomic E-state index is 12.3. The SMILES string of the molecule is CC.CCN1CCC2(CC1)OC(=O)C(Cc1cccc(NSO)c1)=C2O. The quantitative estimate of drug-likeness (QED) is 0.404. The van der Waals surface area contributed by atoms with Gasteiger partial charge in [-0.2, -0.15) is 0 Å². The Kier molecular flexibility index (Phi) is 7.37. The van der Waals surface area contributed by atoms with Crippen LogP contribution < -0.4 is 4.72 Å². The summed E-state index contributed by atoms with van der Waals surface area (Å²) in [4.78, 5) is 14.6. The van der Waals surface area contributed by atoms with E-state index in [0.717, 1.165) is 30.9 Å². The molecule has 1 saturated heterocycles. The van der Waals surface area contributed by atoms with E-state index in [-0.39, 0.29) is 5.76 Å². The Bertz CT molecular complexity index is 655. The number of likely N-dealkylation sites (tertiary alicyclic amines) is 1. The van der Waals surface area contributed by atoms with Gasteiger partial charge in [-0.1, -0.05) is 32.9 Å². The number of carbonyl (C=O) groups excluding carboxylic acids is 1. The van der Waals surface area contributed by atoms with Crippen LogP contribution in [0, 0.1) is 0 Å². The molecule has 0 bridgehead atoms. The van der Waals surface area contributed by atoms with Crippen molar-refractivity contribution in [1.29, 1.82) is 0 Å². The number of benzene rings is 1. The zero-order chi connectivity index (χ0) is 19.2. The molecule has 0 unspecified atom stereocenters. The molecule has 1 fully saturated rings. The average molecular weight is 381 g/mol. The van der Waals surface area contributed by atoms with E-state index >= 15 is 0 Å². The van der Waals surface area contributed by atoms with Crippen LogP contribution in [0.3, 0.4) is 0 Å². The Morgan fingerprint density at radius 2 is 2.00 bits per heavy atom. The molecule has 144 valence electrons. The minimum atomic E-state index is -0.838. The fourth-order valence-electron chi connectivity index (χ4n) is 3.39. The van der Waals surface area contributed by atoms with Gasteiger partial charge in [0.1, 0.15) is 18.0 Å². The van der Waals surface area contributed by atoms with Gasteiger partial charge in [0.05, 0.1) is 5.57 Å². The summed E-state index contributed by atoms with van der Waals surface area (Å²) in [5, 5.41) is 10.7. The van der Waals surface area contributed by atoms with E-state index in [1.165, 1.54) is 0 Å². The summed E-state index contributed by atoms with van der Waals surface area (Å²) in [6.45, 7) is 8.69. The standard InChI is InChI=1S/C17H22N2O4S.C2H6/c1-2-19-8-6-17(7-9-19)15(20)14(16(21)23-17)11-12-4-3-5-13(10-12)18-24-22;1-2/h3-5,10,18,20,22H,2,6-9,11H2,1H3;1-2H3. The second kappa shape index (κ2) is 9.30. The lowest BCUT2D eigenvalue weighted by Crippen LogP contribution is -2.45. The molecule has 26 heavy (non-hydrogen) atoms. The number of anilines is 1. The van der Waals surface area contributed by atoms with Gasteiger partial charge in [-0.3, -0.25) is 0 Å². The number of rotatable bonds is 5. The number of hydrogen-bond acceptors (Lipinski definition) is 7. The van der Waals surface area contributed by atoms with E-state index in [2.05, 4.69) is 16.5 Å². The van der Waals surface area contributed by atoms with Crippen molar-refractivity contribution in [3.05, 3.63) is 41.2 Å². The first-order valence-electron chi connectivity index (χ1n) is 9.11. The molecule has 7 heteroatoms. The lowest BCUT2D eigenvalue weighted by atomic mass is 9.88. The zero-order valence-electron chi connectivity index (χ0n) is 15.6. The smallest absolute Gasteiger partial charge is 0.338 e. The van der Waals surface area contributed by atoms with E-state index in [1.807, 2.05) is 38.1 Å². The molecule has 2 aliphatic rings. The third kappa shape index (κ3) is 4.34. The number of nitrogens with one attached hydrogen (secondary N) is 1. The predicted octanol–water partition coefficient (Wildman–Crippen LogP) is 4.01.